The predicted octanol–water partition coefficient (Wildman–Crippen LogP) is 1.70. The summed E-state index contributed by atoms with van der Waals surface area (Å²) >= 11 is 0.988. The summed E-state index contributed by atoms with van der Waals surface area (Å²) in [6, 6.07) is 8.99. The lowest BCUT2D eigenvalue weighted by atomic mass is 10.3. The fourth-order valence-corrected chi connectivity index (χ4v) is 3.42. The minimum absolute atomic E-state index is 0.243. The molecule has 0 aliphatic rings. The van der Waals surface area contributed by atoms with Gasteiger partial charge in [-0.05, 0) is 12.1 Å². The zero-order chi connectivity index (χ0) is 12.6. The zero-order valence-electron chi connectivity index (χ0n) is 9.02. The summed E-state index contributed by atoms with van der Waals surface area (Å²) < 4.78 is 31.6. The summed E-state index contributed by atoms with van der Waals surface area (Å²) in [6.07, 6.45) is 2.81. The molecule has 0 fully saturated rings. The number of nitrogens with one attached hydrogen (secondary N) is 1. The van der Waals surface area contributed by atoms with Crippen LogP contribution in [0, 0.1) is 0 Å². The van der Waals surface area contributed by atoms with Crippen molar-refractivity contribution < 1.29 is 8.42 Å². The van der Waals surface area contributed by atoms with E-state index in [0.717, 1.165) is 16.9 Å². The Kier molecular flexibility index (Phi) is 2.53. The molecule has 0 bridgehead atoms. The second kappa shape index (κ2) is 4.07. The molecule has 0 spiro atoms. The Morgan fingerprint density at radius 2 is 2.06 bits per heavy atom. The van der Waals surface area contributed by atoms with E-state index in [0.29, 0.717) is 5.52 Å². The molecule has 92 valence electrons. The maximum atomic E-state index is 12.2. The molecule has 2 heterocycles. The van der Waals surface area contributed by atoms with Crippen LogP contribution in [0.15, 0.2) is 42.9 Å². The molecule has 3 aromatic rings. The second-order valence-electron chi connectivity index (χ2n) is 3.52. The van der Waals surface area contributed by atoms with E-state index in [9.17, 15) is 8.42 Å². The third-order valence-electron chi connectivity index (χ3n) is 2.40. The first kappa shape index (κ1) is 11.2. The van der Waals surface area contributed by atoms with E-state index in [1.54, 1.807) is 18.2 Å². The highest BCUT2D eigenvalue weighted by Gasteiger charge is 2.16. The second-order valence-corrected chi connectivity index (χ2v) is 5.85. The van der Waals surface area contributed by atoms with Gasteiger partial charge in [-0.15, -0.1) is 0 Å². The maximum absolute atomic E-state index is 12.2. The van der Waals surface area contributed by atoms with Crippen molar-refractivity contribution in [3.63, 3.8) is 0 Å². The Balaban J connectivity index is 2.08. The van der Waals surface area contributed by atoms with Gasteiger partial charge in [0, 0.05) is 23.1 Å². The molecule has 0 saturated carbocycles. The summed E-state index contributed by atoms with van der Waals surface area (Å²) in [5.41, 5.74) is 0.620. The first-order chi connectivity index (χ1) is 8.67. The van der Waals surface area contributed by atoms with Crippen molar-refractivity contribution >= 4 is 37.8 Å². The third-order valence-corrected chi connectivity index (χ3v) is 4.40. The predicted molar refractivity (Wildman–Crippen MR) is 69.8 cm³/mol. The molecule has 0 saturated heterocycles. The molecule has 0 amide bonds. The number of anilines is 1. The molecule has 0 aliphatic carbocycles. The smallest absolute Gasteiger partial charge is 0.240 e. The SMILES string of the molecule is O=S(=O)(Nc1ncns1)n1ccc2ccccc21. The van der Waals surface area contributed by atoms with Gasteiger partial charge in [-0.1, -0.05) is 18.2 Å². The lowest BCUT2D eigenvalue weighted by Crippen LogP contribution is -2.20. The van der Waals surface area contributed by atoms with Gasteiger partial charge in [0.15, 0.2) is 0 Å². The van der Waals surface area contributed by atoms with Crippen molar-refractivity contribution in [2.45, 2.75) is 0 Å². The van der Waals surface area contributed by atoms with Crippen LogP contribution in [0.1, 0.15) is 0 Å². The first-order valence-corrected chi connectivity index (χ1v) is 7.24. The highest BCUT2D eigenvalue weighted by atomic mass is 32.2. The molecule has 1 N–H and O–H groups in total. The van der Waals surface area contributed by atoms with Gasteiger partial charge in [-0.25, -0.2) is 13.7 Å². The molecular formula is C10H8N4O2S2. The summed E-state index contributed by atoms with van der Waals surface area (Å²) in [4.78, 5) is 3.80. The molecule has 2 aromatic heterocycles. The minimum Gasteiger partial charge on any atom is -0.240 e. The summed E-state index contributed by atoms with van der Waals surface area (Å²) in [5, 5.41) is 1.10. The fraction of sp³-hybridized carbons (Fsp3) is 0. The normalized spacial score (nSPS) is 11.8. The Morgan fingerprint density at radius 1 is 1.22 bits per heavy atom. The highest BCUT2D eigenvalue weighted by Crippen LogP contribution is 2.19. The van der Waals surface area contributed by atoms with E-state index in [4.69, 9.17) is 0 Å². The molecule has 0 radical (unpaired) electrons. The van der Waals surface area contributed by atoms with Crippen LogP contribution >= 0.6 is 11.5 Å². The largest absolute Gasteiger partial charge is 0.329 e. The molecule has 8 heteroatoms. The van der Waals surface area contributed by atoms with Crippen LogP contribution in [0.25, 0.3) is 10.9 Å². The first-order valence-electron chi connectivity index (χ1n) is 5.03. The molecule has 1 aromatic carbocycles. The van der Waals surface area contributed by atoms with Gasteiger partial charge in [-0.2, -0.15) is 12.8 Å². The topological polar surface area (TPSA) is 76.9 Å². The van der Waals surface area contributed by atoms with Crippen molar-refractivity contribution in [3.8, 4) is 0 Å². The van der Waals surface area contributed by atoms with E-state index in [2.05, 4.69) is 14.1 Å². The van der Waals surface area contributed by atoms with Gasteiger partial charge in [0.05, 0.1) is 5.52 Å². The maximum Gasteiger partial charge on any atom is 0.329 e. The minimum atomic E-state index is -3.69. The quantitative estimate of drug-likeness (QED) is 0.792. The lowest BCUT2D eigenvalue weighted by molar-refractivity contribution is 0.594. The average Bonchev–Trinajstić information content (AvgIpc) is 2.96. The molecule has 3 rings (SSSR count). The van der Waals surface area contributed by atoms with Crippen molar-refractivity contribution in [2.24, 2.45) is 0 Å². The number of benzene rings is 1. The van der Waals surface area contributed by atoms with Gasteiger partial charge in [0.2, 0.25) is 5.13 Å². The zero-order valence-corrected chi connectivity index (χ0v) is 10.6. The van der Waals surface area contributed by atoms with Crippen LogP contribution in [0.3, 0.4) is 0 Å². The Hall–Kier alpha value is -1.93. The Morgan fingerprint density at radius 3 is 2.83 bits per heavy atom. The van der Waals surface area contributed by atoms with E-state index in [1.165, 1.54) is 16.5 Å². The molecule has 0 unspecified atom stereocenters. The van der Waals surface area contributed by atoms with Crippen LogP contribution in [0.2, 0.25) is 0 Å². The number of hydrogen-bond donors (Lipinski definition) is 1. The van der Waals surface area contributed by atoms with Crippen LogP contribution in [-0.2, 0) is 10.2 Å². The number of aromatic nitrogens is 3. The van der Waals surface area contributed by atoms with Crippen LogP contribution < -0.4 is 4.72 Å². The number of nitrogens with zero attached hydrogens (tertiary/aromatic N) is 3. The Bertz CT molecular complexity index is 777. The highest BCUT2D eigenvalue weighted by molar-refractivity contribution is 7.91. The fourth-order valence-electron chi connectivity index (χ4n) is 1.64. The number of fused-ring (bicyclic) bond motifs is 1. The third kappa shape index (κ3) is 1.85. The monoisotopic (exact) mass is 280 g/mol. The average molecular weight is 280 g/mol. The summed E-state index contributed by atoms with van der Waals surface area (Å²) in [6.45, 7) is 0. The van der Waals surface area contributed by atoms with E-state index < -0.39 is 10.2 Å². The van der Waals surface area contributed by atoms with Gasteiger partial charge in [-0.3, -0.25) is 0 Å². The molecule has 6 nitrogen and oxygen atoms in total. The molecular weight excluding hydrogens is 272 g/mol. The van der Waals surface area contributed by atoms with E-state index in [1.807, 2.05) is 12.1 Å². The van der Waals surface area contributed by atoms with Gasteiger partial charge in [0.1, 0.15) is 6.33 Å². The van der Waals surface area contributed by atoms with Crippen molar-refractivity contribution in [3.05, 3.63) is 42.9 Å². The van der Waals surface area contributed by atoms with Crippen LogP contribution in [-0.4, -0.2) is 21.7 Å². The number of hydrogen-bond acceptors (Lipinski definition) is 5. The standard InChI is InChI=1S/C10H8N4O2S2/c15-18(16,13-10-11-7-12-17-10)14-6-5-8-3-1-2-4-9(8)14/h1-7H,(H,11,12,13). The molecule has 0 aliphatic heterocycles. The van der Waals surface area contributed by atoms with Crippen LogP contribution in [0.5, 0.6) is 0 Å². The number of rotatable bonds is 3. The van der Waals surface area contributed by atoms with Gasteiger partial charge < -0.3 is 0 Å². The Labute approximate surface area is 107 Å². The van der Waals surface area contributed by atoms with Gasteiger partial charge in [0.25, 0.3) is 0 Å². The summed E-state index contributed by atoms with van der Waals surface area (Å²) in [7, 11) is -3.69. The van der Waals surface area contributed by atoms with Crippen molar-refractivity contribution in [1.29, 1.82) is 0 Å². The van der Waals surface area contributed by atoms with E-state index in [-0.39, 0.29) is 5.13 Å². The van der Waals surface area contributed by atoms with Crippen LogP contribution in [0.4, 0.5) is 5.13 Å². The summed E-state index contributed by atoms with van der Waals surface area (Å²) in [5.74, 6) is 0. The van der Waals surface area contributed by atoms with Crippen molar-refractivity contribution in [2.75, 3.05) is 4.72 Å². The molecule has 18 heavy (non-hydrogen) atoms. The van der Waals surface area contributed by atoms with Crippen molar-refractivity contribution in [1.82, 2.24) is 13.3 Å². The van der Waals surface area contributed by atoms with Gasteiger partial charge >= 0.3 is 10.2 Å². The number of para-hydroxylation sites is 1. The van der Waals surface area contributed by atoms with E-state index >= 15 is 0 Å². The lowest BCUT2D eigenvalue weighted by Gasteiger charge is -2.06. The molecule has 0 atom stereocenters.